The number of fused-ring (bicyclic) bond motifs is 1. The average Bonchev–Trinajstić information content (AvgIpc) is 2.99. The van der Waals surface area contributed by atoms with Crippen molar-refractivity contribution in [2.45, 2.75) is 13.0 Å². The Kier molecular flexibility index (Phi) is 9.82. The third kappa shape index (κ3) is 6.62. The average molecular weight is 598 g/mol. The maximum atomic E-state index is 14.1. The van der Waals surface area contributed by atoms with Crippen LogP contribution < -0.4 is 25.7 Å². The van der Waals surface area contributed by atoms with Gasteiger partial charge in [-0.15, -0.1) is 0 Å². The molecule has 3 N–H and O–H groups in total. The molecule has 0 bridgehead atoms. The molecule has 4 aromatic rings. The van der Waals surface area contributed by atoms with Crippen molar-refractivity contribution >= 4 is 52.2 Å². The van der Waals surface area contributed by atoms with Crippen molar-refractivity contribution in [1.29, 1.82) is 0 Å². The standard InChI is InChI=1S/C29H29Cl2N5O5/c1-17(16-38)14-33-20-6-4-18(5-7-20)8-10-36-27-19(15-34-29(35-27)32-9-11-37)12-21(28(36)39)24-25(30)22(40-2)13-23(41-3)26(24)31/h4-7,12-13,15-16,33,37H,1,8-11,14H2,2-3H3,(H,32,34,35). The number of pyridine rings is 1. The topological polar surface area (TPSA) is 128 Å². The molecule has 0 atom stereocenters. The fourth-order valence-corrected chi connectivity index (χ4v) is 4.91. The Labute approximate surface area is 246 Å². The summed E-state index contributed by atoms with van der Waals surface area (Å²) in [6, 6.07) is 10.9. The van der Waals surface area contributed by atoms with Gasteiger partial charge in [0.2, 0.25) is 5.95 Å². The number of carbonyl (C=O) groups is 1. The zero-order valence-corrected chi connectivity index (χ0v) is 24.1. The summed E-state index contributed by atoms with van der Waals surface area (Å²) in [7, 11) is 2.93. The van der Waals surface area contributed by atoms with Gasteiger partial charge in [-0.25, -0.2) is 4.98 Å². The number of nitrogens with one attached hydrogen (secondary N) is 2. The van der Waals surface area contributed by atoms with Crippen LogP contribution in [0.1, 0.15) is 5.56 Å². The minimum Gasteiger partial charge on any atom is -0.495 e. The first-order chi connectivity index (χ1) is 19.8. The molecule has 0 radical (unpaired) electrons. The Morgan fingerprint density at radius 2 is 1.78 bits per heavy atom. The fraction of sp³-hybridized carbons (Fsp3) is 0.241. The molecule has 0 spiro atoms. The van der Waals surface area contributed by atoms with Crippen LogP contribution in [-0.2, 0) is 17.8 Å². The summed E-state index contributed by atoms with van der Waals surface area (Å²) in [4.78, 5) is 33.7. The molecule has 2 aromatic heterocycles. The molecule has 2 heterocycles. The van der Waals surface area contributed by atoms with Gasteiger partial charge in [0.1, 0.15) is 23.4 Å². The molecular weight excluding hydrogens is 569 g/mol. The number of aldehydes is 1. The summed E-state index contributed by atoms with van der Waals surface area (Å²) in [5.41, 5.74) is 2.81. The van der Waals surface area contributed by atoms with Gasteiger partial charge >= 0.3 is 0 Å². The van der Waals surface area contributed by atoms with E-state index in [2.05, 4.69) is 27.2 Å². The minimum atomic E-state index is -0.367. The molecule has 12 heteroatoms. The first kappa shape index (κ1) is 29.9. The highest BCUT2D eigenvalue weighted by atomic mass is 35.5. The number of ether oxygens (including phenoxy) is 2. The second kappa shape index (κ2) is 13.5. The van der Waals surface area contributed by atoms with Crippen molar-refractivity contribution in [3.63, 3.8) is 0 Å². The zero-order valence-electron chi connectivity index (χ0n) is 22.5. The number of aromatic nitrogens is 3. The van der Waals surface area contributed by atoms with E-state index in [1.807, 2.05) is 24.3 Å². The highest BCUT2D eigenvalue weighted by Crippen LogP contribution is 2.45. The number of aliphatic hydroxyl groups is 1. The summed E-state index contributed by atoms with van der Waals surface area (Å²) in [6.45, 7) is 4.45. The Morgan fingerprint density at radius 1 is 1.10 bits per heavy atom. The predicted molar refractivity (Wildman–Crippen MR) is 162 cm³/mol. The molecule has 0 aliphatic carbocycles. The lowest BCUT2D eigenvalue weighted by Gasteiger charge is -2.17. The highest BCUT2D eigenvalue weighted by molar-refractivity contribution is 6.41. The fourth-order valence-electron chi connectivity index (χ4n) is 4.21. The Morgan fingerprint density at radius 3 is 2.39 bits per heavy atom. The van der Waals surface area contributed by atoms with Crippen LogP contribution in [0.2, 0.25) is 10.0 Å². The van der Waals surface area contributed by atoms with Crippen LogP contribution in [0.25, 0.3) is 22.2 Å². The normalized spacial score (nSPS) is 10.9. The molecule has 0 unspecified atom stereocenters. The van der Waals surface area contributed by atoms with Crippen molar-refractivity contribution in [2.24, 2.45) is 0 Å². The van der Waals surface area contributed by atoms with Gasteiger partial charge in [-0.3, -0.25) is 14.2 Å². The number of hydrogen-bond acceptors (Lipinski definition) is 9. The molecule has 0 amide bonds. The van der Waals surface area contributed by atoms with Crippen molar-refractivity contribution in [1.82, 2.24) is 14.5 Å². The van der Waals surface area contributed by atoms with Crippen molar-refractivity contribution < 1.29 is 19.4 Å². The van der Waals surface area contributed by atoms with E-state index >= 15 is 0 Å². The lowest BCUT2D eigenvalue weighted by Crippen LogP contribution is -2.24. The second-order valence-electron chi connectivity index (χ2n) is 9.00. The number of aryl methyl sites for hydroxylation is 2. The SMILES string of the molecule is C=C(C=O)CNc1ccc(CCn2c(=O)c(-c3c(Cl)c(OC)cc(OC)c3Cl)cc3cnc(NCCO)nc32)cc1. The number of anilines is 2. The number of benzene rings is 2. The quantitative estimate of drug-likeness (QED) is 0.150. The van der Waals surface area contributed by atoms with E-state index in [1.165, 1.54) is 14.2 Å². The van der Waals surface area contributed by atoms with Gasteiger partial charge in [-0.1, -0.05) is 41.9 Å². The number of nitrogens with zero attached hydrogens (tertiary/aromatic N) is 3. The van der Waals surface area contributed by atoms with Crippen LogP contribution in [0.15, 0.2) is 59.5 Å². The Balaban J connectivity index is 1.79. The zero-order chi connectivity index (χ0) is 29.5. The molecule has 0 aliphatic rings. The maximum Gasteiger partial charge on any atom is 0.260 e. The van der Waals surface area contributed by atoms with Crippen LogP contribution in [0.3, 0.4) is 0 Å². The van der Waals surface area contributed by atoms with Crippen molar-refractivity contribution in [3.8, 4) is 22.6 Å². The van der Waals surface area contributed by atoms with E-state index in [9.17, 15) is 14.7 Å². The number of rotatable bonds is 13. The van der Waals surface area contributed by atoms with E-state index < -0.39 is 0 Å². The summed E-state index contributed by atoms with van der Waals surface area (Å²) >= 11 is 13.3. The van der Waals surface area contributed by atoms with Gasteiger partial charge in [0.05, 0.1) is 36.4 Å². The lowest BCUT2D eigenvalue weighted by atomic mass is 10.0. The van der Waals surface area contributed by atoms with Gasteiger partial charge in [-0.05, 0) is 30.2 Å². The number of methoxy groups -OCH3 is 2. The van der Waals surface area contributed by atoms with E-state index in [0.717, 1.165) is 11.3 Å². The molecule has 0 fully saturated rings. The predicted octanol–water partition coefficient (Wildman–Crippen LogP) is 4.60. The largest absolute Gasteiger partial charge is 0.495 e. The molecule has 0 saturated heterocycles. The molecule has 214 valence electrons. The van der Waals surface area contributed by atoms with Gasteiger partial charge in [-0.2, -0.15) is 4.98 Å². The third-order valence-corrected chi connectivity index (χ3v) is 7.08. The van der Waals surface area contributed by atoms with Crippen LogP contribution in [0.4, 0.5) is 11.6 Å². The molecular formula is C29H29Cl2N5O5. The van der Waals surface area contributed by atoms with Crippen molar-refractivity contribution in [3.05, 3.63) is 80.7 Å². The number of hydrogen-bond donors (Lipinski definition) is 3. The van der Waals surface area contributed by atoms with Crippen LogP contribution >= 0.6 is 23.2 Å². The summed E-state index contributed by atoms with van der Waals surface area (Å²) in [5, 5.41) is 16.2. The molecule has 4 rings (SSSR count). The number of halogens is 2. The molecule has 0 aliphatic heterocycles. The molecule has 0 saturated carbocycles. The van der Waals surface area contributed by atoms with E-state index in [0.29, 0.717) is 47.4 Å². The maximum absolute atomic E-state index is 14.1. The second-order valence-corrected chi connectivity index (χ2v) is 9.75. The van der Waals surface area contributed by atoms with Gasteiger partial charge in [0, 0.05) is 54.1 Å². The lowest BCUT2D eigenvalue weighted by molar-refractivity contribution is -0.104. The monoisotopic (exact) mass is 597 g/mol. The number of carbonyl (C=O) groups excluding carboxylic acids is 1. The van der Waals surface area contributed by atoms with Gasteiger partial charge < -0.3 is 25.2 Å². The van der Waals surface area contributed by atoms with Crippen molar-refractivity contribution in [2.75, 3.05) is 44.5 Å². The van der Waals surface area contributed by atoms with Crippen LogP contribution in [0, 0.1) is 0 Å². The summed E-state index contributed by atoms with van der Waals surface area (Å²) in [6.07, 6.45) is 2.81. The van der Waals surface area contributed by atoms with E-state index in [4.69, 9.17) is 32.7 Å². The first-order valence-corrected chi connectivity index (χ1v) is 13.4. The molecule has 10 nitrogen and oxygen atoms in total. The summed E-state index contributed by atoms with van der Waals surface area (Å²) in [5.74, 6) is 0.886. The molecule has 2 aromatic carbocycles. The van der Waals surface area contributed by atoms with Gasteiger partial charge in [0.25, 0.3) is 5.56 Å². The first-order valence-electron chi connectivity index (χ1n) is 12.6. The molecule has 41 heavy (non-hydrogen) atoms. The number of aliphatic hydroxyl groups excluding tert-OH is 1. The summed E-state index contributed by atoms with van der Waals surface area (Å²) < 4.78 is 12.4. The van der Waals surface area contributed by atoms with E-state index in [-0.39, 0.29) is 52.4 Å². The highest BCUT2D eigenvalue weighted by Gasteiger charge is 2.23. The van der Waals surface area contributed by atoms with Crippen LogP contribution in [0.5, 0.6) is 11.5 Å². The van der Waals surface area contributed by atoms with Gasteiger partial charge in [0.15, 0.2) is 0 Å². The minimum absolute atomic E-state index is 0.101. The Hall–Kier alpha value is -4.12. The van der Waals surface area contributed by atoms with E-state index in [1.54, 1.807) is 22.9 Å². The Bertz CT molecular complexity index is 1610. The smallest absolute Gasteiger partial charge is 0.260 e. The van der Waals surface area contributed by atoms with Crippen LogP contribution in [-0.4, -0.2) is 59.8 Å². The third-order valence-electron chi connectivity index (χ3n) is 6.33.